The second-order valence-corrected chi connectivity index (χ2v) is 5.82. The molecule has 0 spiro atoms. The third-order valence-corrected chi connectivity index (χ3v) is 4.28. The molecule has 7 nitrogen and oxygen atoms in total. The summed E-state index contributed by atoms with van der Waals surface area (Å²) in [6.45, 7) is 3.30. The van der Waals surface area contributed by atoms with Crippen LogP contribution in [-0.4, -0.2) is 43.1 Å². The molecule has 126 valence electrons. The molecular formula is C15H21ClN4O3. The van der Waals surface area contributed by atoms with Crippen molar-refractivity contribution in [1.82, 2.24) is 10.6 Å². The summed E-state index contributed by atoms with van der Waals surface area (Å²) in [6.07, 6.45) is 2.99. The molecule has 2 fully saturated rings. The Labute approximate surface area is 141 Å². The Morgan fingerprint density at radius 2 is 2.09 bits per heavy atom. The number of carbonyl (C=O) groups excluding carboxylic acids is 1. The highest BCUT2D eigenvalue weighted by molar-refractivity contribution is 5.96. The molecule has 1 aromatic carbocycles. The van der Waals surface area contributed by atoms with Crippen molar-refractivity contribution in [2.75, 3.05) is 31.1 Å². The van der Waals surface area contributed by atoms with Crippen molar-refractivity contribution in [2.45, 2.75) is 25.3 Å². The van der Waals surface area contributed by atoms with Gasteiger partial charge in [-0.25, -0.2) is 0 Å². The number of hydrogen-bond donors (Lipinski definition) is 2. The molecule has 2 heterocycles. The number of nitro benzene ring substituents is 1. The van der Waals surface area contributed by atoms with Crippen LogP contribution in [0.25, 0.3) is 0 Å². The largest absolute Gasteiger partial charge is 0.366 e. The van der Waals surface area contributed by atoms with Crippen LogP contribution in [0.4, 0.5) is 11.4 Å². The standard InChI is InChI=1S/C15H20N4O3.ClH/c20-15(17-12-5-6-16-10-12)11-3-4-13(14(9-11)19(21)22)18-7-1-2-8-18;/h3-4,9,12,16H,1-2,5-8,10H2,(H,17,20);1H. The minimum Gasteiger partial charge on any atom is -0.366 e. The minimum absolute atomic E-state index is 0. The van der Waals surface area contributed by atoms with Gasteiger partial charge in [0.25, 0.3) is 11.6 Å². The Morgan fingerprint density at radius 3 is 2.70 bits per heavy atom. The van der Waals surface area contributed by atoms with Crippen LogP contribution in [0.3, 0.4) is 0 Å². The topological polar surface area (TPSA) is 87.5 Å². The Balaban J connectivity index is 0.00000192. The van der Waals surface area contributed by atoms with Crippen LogP contribution in [0.15, 0.2) is 18.2 Å². The van der Waals surface area contributed by atoms with E-state index in [9.17, 15) is 14.9 Å². The zero-order valence-corrected chi connectivity index (χ0v) is 13.6. The molecule has 2 aliphatic rings. The third kappa shape index (κ3) is 3.92. The molecule has 0 bridgehead atoms. The number of nitro groups is 1. The van der Waals surface area contributed by atoms with Crippen LogP contribution in [0, 0.1) is 10.1 Å². The van der Waals surface area contributed by atoms with Crippen LogP contribution in [0.2, 0.25) is 0 Å². The first-order chi connectivity index (χ1) is 10.6. The summed E-state index contributed by atoms with van der Waals surface area (Å²) in [4.78, 5) is 25.2. The van der Waals surface area contributed by atoms with Crippen molar-refractivity contribution in [3.63, 3.8) is 0 Å². The lowest BCUT2D eigenvalue weighted by Gasteiger charge is -2.18. The normalized spacial score (nSPS) is 20.2. The predicted molar refractivity (Wildman–Crippen MR) is 90.5 cm³/mol. The maximum atomic E-state index is 12.2. The first-order valence-corrected chi connectivity index (χ1v) is 7.70. The highest BCUT2D eigenvalue weighted by Gasteiger charge is 2.25. The number of amides is 1. The van der Waals surface area contributed by atoms with Gasteiger partial charge in [0.05, 0.1) is 4.92 Å². The molecule has 23 heavy (non-hydrogen) atoms. The number of hydrogen-bond acceptors (Lipinski definition) is 5. The Bertz CT molecular complexity index is 584. The second kappa shape index (κ2) is 7.61. The van der Waals surface area contributed by atoms with Gasteiger partial charge in [0.15, 0.2) is 0 Å². The molecule has 1 amide bonds. The number of halogens is 1. The minimum atomic E-state index is -0.401. The molecule has 2 aliphatic heterocycles. The summed E-state index contributed by atoms with van der Waals surface area (Å²) in [5.74, 6) is -0.246. The van der Waals surface area contributed by atoms with Crippen LogP contribution < -0.4 is 15.5 Å². The molecule has 0 saturated carbocycles. The fourth-order valence-electron chi connectivity index (χ4n) is 3.08. The average Bonchev–Trinajstić information content (AvgIpc) is 3.19. The zero-order chi connectivity index (χ0) is 15.5. The van der Waals surface area contributed by atoms with E-state index in [0.717, 1.165) is 45.4 Å². The smallest absolute Gasteiger partial charge is 0.293 e. The van der Waals surface area contributed by atoms with Crippen LogP contribution in [0.5, 0.6) is 0 Å². The van der Waals surface area contributed by atoms with Gasteiger partial charge in [0, 0.05) is 37.3 Å². The summed E-state index contributed by atoms with van der Waals surface area (Å²) < 4.78 is 0. The highest BCUT2D eigenvalue weighted by Crippen LogP contribution is 2.31. The number of nitrogens with one attached hydrogen (secondary N) is 2. The summed E-state index contributed by atoms with van der Waals surface area (Å²) in [7, 11) is 0. The van der Waals surface area contributed by atoms with Gasteiger partial charge in [-0.1, -0.05) is 0 Å². The molecule has 8 heteroatoms. The van der Waals surface area contributed by atoms with Crippen molar-refractivity contribution < 1.29 is 9.72 Å². The van der Waals surface area contributed by atoms with Crippen molar-refractivity contribution in [3.05, 3.63) is 33.9 Å². The maximum absolute atomic E-state index is 12.2. The quantitative estimate of drug-likeness (QED) is 0.643. The van der Waals surface area contributed by atoms with Crippen molar-refractivity contribution in [1.29, 1.82) is 0 Å². The van der Waals surface area contributed by atoms with Gasteiger partial charge in [-0.3, -0.25) is 14.9 Å². The van der Waals surface area contributed by atoms with Crippen molar-refractivity contribution in [3.8, 4) is 0 Å². The number of nitrogens with zero attached hydrogens (tertiary/aromatic N) is 2. The van der Waals surface area contributed by atoms with E-state index in [2.05, 4.69) is 10.6 Å². The lowest BCUT2D eigenvalue weighted by molar-refractivity contribution is -0.384. The fraction of sp³-hybridized carbons (Fsp3) is 0.533. The van der Waals surface area contributed by atoms with Gasteiger partial charge < -0.3 is 15.5 Å². The highest BCUT2D eigenvalue weighted by atomic mass is 35.5. The summed E-state index contributed by atoms with van der Waals surface area (Å²) >= 11 is 0. The van der Waals surface area contributed by atoms with Gasteiger partial charge >= 0.3 is 0 Å². The van der Waals surface area contributed by atoms with Crippen LogP contribution in [0.1, 0.15) is 29.6 Å². The first kappa shape index (κ1) is 17.5. The zero-order valence-electron chi connectivity index (χ0n) is 12.8. The van der Waals surface area contributed by atoms with Gasteiger partial charge in [0.1, 0.15) is 5.69 Å². The molecule has 3 rings (SSSR count). The van der Waals surface area contributed by atoms with E-state index in [4.69, 9.17) is 0 Å². The molecular weight excluding hydrogens is 320 g/mol. The van der Waals surface area contributed by atoms with E-state index in [-0.39, 0.29) is 30.0 Å². The number of rotatable bonds is 4. The van der Waals surface area contributed by atoms with E-state index < -0.39 is 4.92 Å². The number of carbonyl (C=O) groups is 1. The van der Waals surface area contributed by atoms with Crippen molar-refractivity contribution in [2.24, 2.45) is 0 Å². The van der Waals surface area contributed by atoms with E-state index in [0.29, 0.717) is 11.3 Å². The first-order valence-electron chi connectivity index (χ1n) is 7.70. The van der Waals surface area contributed by atoms with E-state index in [1.165, 1.54) is 6.07 Å². The fourth-order valence-corrected chi connectivity index (χ4v) is 3.08. The Morgan fingerprint density at radius 1 is 1.35 bits per heavy atom. The SMILES string of the molecule is Cl.O=C(NC1CCNC1)c1ccc(N2CCCC2)c([N+](=O)[O-])c1. The van der Waals surface area contributed by atoms with E-state index in [1.807, 2.05) is 4.90 Å². The molecule has 2 N–H and O–H groups in total. The maximum Gasteiger partial charge on any atom is 0.293 e. The number of benzene rings is 1. The Hall–Kier alpha value is -1.86. The summed E-state index contributed by atoms with van der Waals surface area (Å²) in [6, 6.07) is 4.87. The molecule has 1 aromatic rings. The van der Waals surface area contributed by atoms with Gasteiger partial charge in [0.2, 0.25) is 0 Å². The average molecular weight is 341 g/mol. The second-order valence-electron chi connectivity index (χ2n) is 5.82. The molecule has 0 aliphatic carbocycles. The monoisotopic (exact) mass is 340 g/mol. The third-order valence-electron chi connectivity index (χ3n) is 4.28. The van der Waals surface area contributed by atoms with Crippen LogP contribution in [-0.2, 0) is 0 Å². The molecule has 2 saturated heterocycles. The molecule has 1 unspecified atom stereocenters. The van der Waals surface area contributed by atoms with E-state index in [1.54, 1.807) is 12.1 Å². The van der Waals surface area contributed by atoms with Gasteiger partial charge in [-0.2, -0.15) is 0 Å². The molecule has 0 aromatic heterocycles. The summed E-state index contributed by atoms with van der Waals surface area (Å²) in [5.41, 5.74) is 0.974. The Kier molecular flexibility index (Phi) is 5.79. The molecule has 1 atom stereocenters. The van der Waals surface area contributed by atoms with Crippen molar-refractivity contribution >= 4 is 29.7 Å². The predicted octanol–water partition coefficient (Wildman–Crippen LogP) is 1.71. The lowest BCUT2D eigenvalue weighted by Crippen LogP contribution is -2.36. The lowest BCUT2D eigenvalue weighted by atomic mass is 10.1. The molecule has 0 radical (unpaired) electrons. The number of anilines is 1. The van der Waals surface area contributed by atoms with Gasteiger partial charge in [-0.15, -0.1) is 12.4 Å². The van der Waals surface area contributed by atoms with Crippen LogP contribution >= 0.6 is 12.4 Å². The summed E-state index contributed by atoms with van der Waals surface area (Å²) in [5, 5.41) is 17.4. The van der Waals surface area contributed by atoms with Gasteiger partial charge in [-0.05, 0) is 37.9 Å². The van der Waals surface area contributed by atoms with E-state index >= 15 is 0 Å².